The summed E-state index contributed by atoms with van der Waals surface area (Å²) in [5.41, 5.74) is 8.85. The third-order valence-corrected chi connectivity index (χ3v) is 8.14. The number of piperidine rings is 1. The second kappa shape index (κ2) is 12.6. The molecule has 3 N–H and O–H groups in total. The van der Waals surface area contributed by atoms with Gasteiger partial charge in [0.2, 0.25) is 11.9 Å². The fourth-order valence-corrected chi connectivity index (χ4v) is 5.97. The molecule has 0 amide bonds. The maximum Gasteiger partial charge on any atom is 0.281 e. The Labute approximate surface area is 258 Å². The Hall–Kier alpha value is -4.18. The minimum Gasteiger partial charge on any atom is -0.351 e. The van der Waals surface area contributed by atoms with Crippen LogP contribution in [0.1, 0.15) is 34.3 Å². The fourth-order valence-electron chi connectivity index (χ4n) is 5.45. The first-order valence-electron chi connectivity index (χ1n) is 14.2. The van der Waals surface area contributed by atoms with Crippen LogP contribution < -0.4 is 21.5 Å². The molecule has 3 heterocycles. The minimum atomic E-state index is -0.380. The van der Waals surface area contributed by atoms with Crippen molar-refractivity contribution >= 4 is 52.0 Å². The average Bonchev–Trinajstić information content (AvgIpc) is 3.36. The van der Waals surface area contributed by atoms with E-state index < -0.39 is 0 Å². The Morgan fingerprint density at radius 3 is 2.37 bits per heavy atom. The van der Waals surface area contributed by atoms with Gasteiger partial charge in [0.15, 0.2) is 16.9 Å². The molecule has 9 nitrogen and oxygen atoms in total. The Balaban J connectivity index is 1.49. The summed E-state index contributed by atoms with van der Waals surface area (Å²) in [5.74, 6) is 0.535. The molecule has 0 aliphatic carbocycles. The number of ketones is 1. The maximum absolute atomic E-state index is 14.4. The van der Waals surface area contributed by atoms with Crippen LogP contribution >= 0.6 is 23.2 Å². The number of Topliss-reactive ketones (excluding diaryl/α,β-unsaturated/α-hetero) is 1. The second-order valence-electron chi connectivity index (χ2n) is 10.7. The number of nitrogens with two attached hydrogens (primary N) is 1. The van der Waals surface area contributed by atoms with Crippen LogP contribution in [0.25, 0.3) is 11.2 Å². The largest absolute Gasteiger partial charge is 0.351 e. The van der Waals surface area contributed by atoms with Gasteiger partial charge in [0.25, 0.3) is 5.56 Å². The van der Waals surface area contributed by atoms with Crippen LogP contribution in [-0.2, 0) is 19.6 Å². The molecule has 1 atom stereocenters. The number of hydrogen-bond acceptors (Lipinski definition) is 7. The standard InChI is InChI=1S/C32H31Cl2N7O2/c33-23-13-14-25(26(34)16-23)27(42)20-41-30(43)28-29(37-31(41)36-17-21-8-3-1-4-9-21)38-32(39-15-7-12-24(35)19-39)40(28)18-22-10-5-2-6-11-22/h1-6,8-11,13-14,16,24H,7,12,15,17-20,35H2,(H,36,37). The smallest absolute Gasteiger partial charge is 0.281 e. The highest BCUT2D eigenvalue weighted by Crippen LogP contribution is 2.26. The number of fused-ring (bicyclic) bond motifs is 1. The molecule has 1 saturated heterocycles. The van der Waals surface area contributed by atoms with Gasteiger partial charge >= 0.3 is 0 Å². The Morgan fingerprint density at radius 2 is 1.67 bits per heavy atom. The van der Waals surface area contributed by atoms with E-state index in [9.17, 15) is 9.59 Å². The van der Waals surface area contributed by atoms with Crippen LogP contribution in [0.4, 0.5) is 11.9 Å². The van der Waals surface area contributed by atoms with Gasteiger partial charge in [0, 0.05) is 36.3 Å². The summed E-state index contributed by atoms with van der Waals surface area (Å²) in [5, 5.41) is 3.91. The third kappa shape index (κ3) is 6.29. The molecule has 2 aromatic heterocycles. The van der Waals surface area contributed by atoms with Crippen LogP contribution in [0.2, 0.25) is 10.0 Å². The van der Waals surface area contributed by atoms with Crippen molar-refractivity contribution in [2.45, 2.75) is 38.5 Å². The lowest BCUT2D eigenvalue weighted by molar-refractivity contribution is 0.0971. The van der Waals surface area contributed by atoms with Crippen molar-refractivity contribution in [3.63, 3.8) is 0 Å². The topological polar surface area (TPSA) is 111 Å². The number of benzene rings is 3. The van der Waals surface area contributed by atoms with Crippen molar-refractivity contribution in [1.29, 1.82) is 0 Å². The number of imidazole rings is 1. The highest BCUT2D eigenvalue weighted by Gasteiger charge is 2.27. The number of halogens is 2. The molecule has 220 valence electrons. The van der Waals surface area contributed by atoms with E-state index in [-0.39, 0.29) is 40.5 Å². The van der Waals surface area contributed by atoms with Gasteiger partial charge < -0.3 is 16.0 Å². The van der Waals surface area contributed by atoms with E-state index in [2.05, 4.69) is 10.2 Å². The number of hydrogen-bond donors (Lipinski definition) is 2. The van der Waals surface area contributed by atoms with E-state index in [4.69, 9.17) is 38.9 Å². The molecule has 1 aliphatic heterocycles. The average molecular weight is 617 g/mol. The lowest BCUT2D eigenvalue weighted by atomic mass is 10.1. The molecule has 0 spiro atoms. The van der Waals surface area contributed by atoms with Crippen LogP contribution in [-0.4, -0.2) is 44.0 Å². The molecule has 43 heavy (non-hydrogen) atoms. The Kier molecular flexibility index (Phi) is 8.47. The number of rotatable bonds is 9. The van der Waals surface area contributed by atoms with Crippen molar-refractivity contribution in [2.24, 2.45) is 5.73 Å². The molecule has 6 rings (SSSR count). The lowest BCUT2D eigenvalue weighted by Gasteiger charge is -2.31. The maximum atomic E-state index is 14.4. The summed E-state index contributed by atoms with van der Waals surface area (Å²) < 4.78 is 3.27. The number of carbonyl (C=O) groups is 1. The first-order chi connectivity index (χ1) is 20.9. The van der Waals surface area contributed by atoms with E-state index in [1.165, 1.54) is 10.6 Å². The SMILES string of the molecule is NC1CCCN(c2nc3nc(NCc4ccccc4)n(CC(=O)c4ccc(Cl)cc4Cl)c(=O)c3n2Cc2ccccc2)C1. The summed E-state index contributed by atoms with van der Waals surface area (Å²) >= 11 is 12.4. The van der Waals surface area contributed by atoms with Crippen molar-refractivity contribution in [3.8, 4) is 0 Å². The monoisotopic (exact) mass is 615 g/mol. The molecule has 1 fully saturated rings. The minimum absolute atomic E-state index is 0.00759. The summed E-state index contributed by atoms with van der Waals surface area (Å²) in [7, 11) is 0. The molecular formula is C32H31Cl2N7O2. The van der Waals surface area contributed by atoms with Crippen LogP contribution in [0, 0.1) is 0 Å². The van der Waals surface area contributed by atoms with Gasteiger partial charge in [-0.15, -0.1) is 0 Å². The van der Waals surface area contributed by atoms with Crippen LogP contribution in [0.15, 0.2) is 83.7 Å². The summed E-state index contributed by atoms with van der Waals surface area (Å²) in [6.45, 7) is 1.92. The van der Waals surface area contributed by atoms with Gasteiger partial charge in [-0.1, -0.05) is 83.9 Å². The lowest BCUT2D eigenvalue weighted by Crippen LogP contribution is -2.44. The number of nitrogens with one attached hydrogen (secondary N) is 1. The number of nitrogens with zero attached hydrogens (tertiary/aromatic N) is 5. The van der Waals surface area contributed by atoms with Crippen molar-refractivity contribution < 1.29 is 4.79 Å². The molecule has 1 unspecified atom stereocenters. The number of carbonyl (C=O) groups excluding carboxylic acids is 1. The van der Waals surface area contributed by atoms with E-state index in [1.54, 1.807) is 12.1 Å². The van der Waals surface area contributed by atoms with Gasteiger partial charge in [-0.2, -0.15) is 9.97 Å². The highest BCUT2D eigenvalue weighted by atomic mass is 35.5. The van der Waals surface area contributed by atoms with Crippen LogP contribution in [0.5, 0.6) is 0 Å². The predicted octanol–water partition coefficient (Wildman–Crippen LogP) is 5.37. The zero-order valence-corrected chi connectivity index (χ0v) is 24.9. The van der Waals surface area contributed by atoms with Gasteiger partial charge in [-0.25, -0.2) is 0 Å². The predicted molar refractivity (Wildman–Crippen MR) is 171 cm³/mol. The van der Waals surface area contributed by atoms with Crippen molar-refractivity contribution in [2.75, 3.05) is 23.3 Å². The van der Waals surface area contributed by atoms with E-state index in [0.717, 1.165) is 30.5 Å². The molecule has 0 radical (unpaired) electrons. The Bertz CT molecular complexity index is 1820. The van der Waals surface area contributed by atoms with Gasteiger partial charge in [0.05, 0.1) is 18.1 Å². The first-order valence-corrected chi connectivity index (χ1v) is 14.9. The highest BCUT2D eigenvalue weighted by molar-refractivity contribution is 6.36. The fraction of sp³-hybridized carbons (Fsp3) is 0.250. The van der Waals surface area contributed by atoms with E-state index in [0.29, 0.717) is 41.8 Å². The van der Waals surface area contributed by atoms with Crippen molar-refractivity contribution in [1.82, 2.24) is 19.1 Å². The molecule has 0 saturated carbocycles. The van der Waals surface area contributed by atoms with Gasteiger partial charge in [0.1, 0.15) is 0 Å². The number of anilines is 2. The molecule has 11 heteroatoms. The van der Waals surface area contributed by atoms with Gasteiger partial charge in [-0.05, 0) is 42.2 Å². The van der Waals surface area contributed by atoms with Crippen molar-refractivity contribution in [3.05, 3.63) is 116 Å². The zero-order valence-electron chi connectivity index (χ0n) is 23.4. The third-order valence-electron chi connectivity index (χ3n) is 7.60. The molecule has 3 aromatic carbocycles. The van der Waals surface area contributed by atoms with E-state index >= 15 is 0 Å². The summed E-state index contributed by atoms with van der Waals surface area (Å²) in [6.07, 6.45) is 1.86. The quantitative estimate of drug-likeness (QED) is 0.214. The zero-order chi connectivity index (χ0) is 29.9. The van der Waals surface area contributed by atoms with Crippen LogP contribution in [0.3, 0.4) is 0 Å². The Morgan fingerprint density at radius 1 is 0.953 bits per heavy atom. The van der Waals surface area contributed by atoms with E-state index in [1.807, 2.05) is 65.2 Å². The molecule has 1 aliphatic rings. The van der Waals surface area contributed by atoms with Gasteiger partial charge in [-0.3, -0.25) is 18.7 Å². The summed E-state index contributed by atoms with van der Waals surface area (Å²) in [6, 6.07) is 24.3. The molecular weight excluding hydrogens is 585 g/mol. The normalized spacial score (nSPS) is 15.1. The first kappa shape index (κ1) is 28.9. The summed E-state index contributed by atoms with van der Waals surface area (Å²) in [4.78, 5) is 39.8. The second-order valence-corrected chi connectivity index (χ2v) is 11.6. The number of aromatic nitrogens is 4. The molecule has 5 aromatic rings. The molecule has 0 bridgehead atoms.